The number of aliphatic carboxylic acids is 1. The minimum Gasteiger partial charge on any atom is -0.481 e. The Labute approximate surface area is 121 Å². The van der Waals surface area contributed by atoms with Gasteiger partial charge < -0.3 is 15.7 Å². The maximum Gasteiger partial charge on any atom is 0.315 e. The lowest BCUT2D eigenvalue weighted by atomic mass is 9.78. The lowest BCUT2D eigenvalue weighted by molar-refractivity contribution is -0.137. The largest absolute Gasteiger partial charge is 0.481 e. The van der Waals surface area contributed by atoms with Crippen molar-refractivity contribution in [1.82, 2.24) is 10.6 Å². The van der Waals surface area contributed by atoms with Crippen LogP contribution in [0, 0.1) is 11.8 Å². The fourth-order valence-electron chi connectivity index (χ4n) is 2.85. The molecule has 20 heavy (non-hydrogen) atoms. The van der Waals surface area contributed by atoms with Gasteiger partial charge in [-0.1, -0.05) is 26.7 Å². The molecule has 0 saturated heterocycles. The zero-order chi connectivity index (χ0) is 15.1. The molecule has 0 aromatic carbocycles. The predicted octanol–water partition coefficient (Wildman–Crippen LogP) is 2.75. The van der Waals surface area contributed by atoms with Crippen LogP contribution in [-0.4, -0.2) is 29.2 Å². The monoisotopic (exact) mass is 284 g/mol. The highest BCUT2D eigenvalue weighted by atomic mass is 16.4. The van der Waals surface area contributed by atoms with Gasteiger partial charge >= 0.3 is 12.0 Å². The van der Waals surface area contributed by atoms with Gasteiger partial charge in [0.05, 0.1) is 0 Å². The highest BCUT2D eigenvalue weighted by Gasteiger charge is 2.28. The summed E-state index contributed by atoms with van der Waals surface area (Å²) >= 11 is 0. The second-order valence-corrected chi connectivity index (χ2v) is 6.18. The van der Waals surface area contributed by atoms with Crippen molar-refractivity contribution in [2.45, 2.75) is 71.4 Å². The Morgan fingerprint density at radius 1 is 1.30 bits per heavy atom. The number of amides is 2. The van der Waals surface area contributed by atoms with Gasteiger partial charge in [-0.15, -0.1) is 0 Å². The number of carboxylic acid groups (broad SMARTS) is 1. The van der Waals surface area contributed by atoms with Crippen molar-refractivity contribution < 1.29 is 14.7 Å². The third-order valence-electron chi connectivity index (χ3n) is 4.43. The van der Waals surface area contributed by atoms with Crippen molar-refractivity contribution in [3.63, 3.8) is 0 Å². The first kappa shape index (κ1) is 16.8. The summed E-state index contributed by atoms with van der Waals surface area (Å²) in [7, 11) is 0. The molecule has 4 atom stereocenters. The maximum atomic E-state index is 11.9. The average Bonchev–Trinajstić information content (AvgIpc) is 2.34. The summed E-state index contributed by atoms with van der Waals surface area (Å²) in [6.45, 7) is 6.35. The van der Waals surface area contributed by atoms with Crippen LogP contribution < -0.4 is 10.6 Å². The molecule has 0 spiro atoms. The maximum absolute atomic E-state index is 11.9. The molecular weight excluding hydrogens is 256 g/mol. The van der Waals surface area contributed by atoms with E-state index < -0.39 is 5.97 Å². The number of rotatable bonds is 6. The first-order valence-corrected chi connectivity index (χ1v) is 7.69. The predicted molar refractivity (Wildman–Crippen MR) is 78.6 cm³/mol. The summed E-state index contributed by atoms with van der Waals surface area (Å²) in [4.78, 5) is 22.4. The van der Waals surface area contributed by atoms with Crippen molar-refractivity contribution >= 4 is 12.0 Å². The molecule has 0 radical (unpaired) electrons. The van der Waals surface area contributed by atoms with Gasteiger partial charge in [0, 0.05) is 18.5 Å². The zero-order valence-electron chi connectivity index (χ0n) is 12.8. The minimum absolute atomic E-state index is 0.00525. The summed E-state index contributed by atoms with van der Waals surface area (Å²) in [5.41, 5.74) is 0. The molecule has 0 aliphatic heterocycles. The number of hydrogen-bond donors (Lipinski definition) is 3. The van der Waals surface area contributed by atoms with Crippen LogP contribution in [0.5, 0.6) is 0 Å². The Morgan fingerprint density at radius 2 is 2.00 bits per heavy atom. The highest BCUT2D eigenvalue weighted by molar-refractivity contribution is 5.74. The van der Waals surface area contributed by atoms with Crippen LogP contribution in [0.1, 0.15) is 59.3 Å². The number of urea groups is 1. The summed E-state index contributed by atoms with van der Waals surface area (Å²) in [5.74, 6) is 0.380. The van der Waals surface area contributed by atoms with Gasteiger partial charge in [-0.25, -0.2) is 4.79 Å². The number of carboxylic acids is 1. The summed E-state index contributed by atoms with van der Waals surface area (Å²) < 4.78 is 0. The second kappa shape index (κ2) is 8.12. The van der Waals surface area contributed by atoms with Crippen molar-refractivity contribution in [1.29, 1.82) is 0 Å². The molecule has 0 aromatic heterocycles. The van der Waals surface area contributed by atoms with Crippen LogP contribution >= 0.6 is 0 Å². The molecule has 1 aliphatic carbocycles. The number of nitrogens with one attached hydrogen (secondary N) is 2. The minimum atomic E-state index is -0.785. The molecule has 1 rings (SSSR count). The first-order chi connectivity index (χ1) is 9.40. The van der Waals surface area contributed by atoms with Crippen LogP contribution in [0.4, 0.5) is 4.79 Å². The van der Waals surface area contributed by atoms with E-state index >= 15 is 0 Å². The van der Waals surface area contributed by atoms with Gasteiger partial charge in [-0.05, 0) is 38.0 Å². The van der Waals surface area contributed by atoms with Gasteiger partial charge in [0.1, 0.15) is 0 Å². The van der Waals surface area contributed by atoms with Gasteiger partial charge in [0.2, 0.25) is 0 Å². The lowest BCUT2D eigenvalue weighted by Crippen LogP contribution is -2.49. The van der Waals surface area contributed by atoms with E-state index in [-0.39, 0.29) is 24.5 Å². The van der Waals surface area contributed by atoms with E-state index in [0.717, 1.165) is 6.42 Å². The fourth-order valence-corrected chi connectivity index (χ4v) is 2.85. The number of hydrogen-bond acceptors (Lipinski definition) is 2. The van der Waals surface area contributed by atoms with Crippen LogP contribution in [-0.2, 0) is 4.79 Å². The molecule has 1 fully saturated rings. The topological polar surface area (TPSA) is 78.4 Å². The van der Waals surface area contributed by atoms with E-state index in [1.807, 2.05) is 6.92 Å². The third kappa shape index (κ3) is 5.80. The number of carbonyl (C=O) groups excluding carboxylic acids is 1. The van der Waals surface area contributed by atoms with Crippen LogP contribution in [0.2, 0.25) is 0 Å². The van der Waals surface area contributed by atoms with Crippen molar-refractivity contribution in [2.24, 2.45) is 11.8 Å². The SMILES string of the molecule is CC(CCCC(=O)O)NC(=O)NC1CCCC(C)C1C. The molecular formula is C15H28N2O3. The molecule has 0 aromatic rings. The van der Waals surface area contributed by atoms with Gasteiger partial charge in [-0.2, -0.15) is 0 Å². The van der Waals surface area contributed by atoms with Crippen molar-refractivity contribution in [3.8, 4) is 0 Å². The van der Waals surface area contributed by atoms with Crippen molar-refractivity contribution in [2.75, 3.05) is 0 Å². The van der Waals surface area contributed by atoms with E-state index in [9.17, 15) is 9.59 Å². The van der Waals surface area contributed by atoms with E-state index in [1.165, 1.54) is 12.8 Å². The highest BCUT2D eigenvalue weighted by Crippen LogP contribution is 2.29. The van der Waals surface area contributed by atoms with E-state index in [2.05, 4.69) is 24.5 Å². The Kier molecular flexibility index (Phi) is 6.82. The van der Waals surface area contributed by atoms with E-state index in [0.29, 0.717) is 24.7 Å². The second-order valence-electron chi connectivity index (χ2n) is 6.18. The molecule has 1 saturated carbocycles. The van der Waals surface area contributed by atoms with Crippen LogP contribution in [0.3, 0.4) is 0 Å². The molecule has 5 nitrogen and oxygen atoms in total. The molecule has 0 heterocycles. The lowest BCUT2D eigenvalue weighted by Gasteiger charge is -2.34. The molecule has 3 N–H and O–H groups in total. The fraction of sp³-hybridized carbons (Fsp3) is 0.867. The standard InChI is InChI=1S/C15H28N2O3/c1-10-6-4-8-13(12(10)3)17-15(20)16-11(2)7-5-9-14(18)19/h10-13H,4-9H2,1-3H3,(H,18,19)(H2,16,17,20). The normalized spacial score (nSPS) is 27.6. The zero-order valence-corrected chi connectivity index (χ0v) is 12.8. The van der Waals surface area contributed by atoms with Crippen molar-refractivity contribution in [3.05, 3.63) is 0 Å². The molecule has 4 unspecified atom stereocenters. The molecule has 0 bridgehead atoms. The van der Waals surface area contributed by atoms with Crippen LogP contribution in [0.25, 0.3) is 0 Å². The summed E-state index contributed by atoms with van der Waals surface area (Å²) in [5, 5.41) is 14.5. The van der Waals surface area contributed by atoms with E-state index in [1.54, 1.807) is 0 Å². The van der Waals surface area contributed by atoms with Gasteiger partial charge in [0.15, 0.2) is 0 Å². The Morgan fingerprint density at radius 3 is 2.65 bits per heavy atom. The van der Waals surface area contributed by atoms with Gasteiger partial charge in [0.25, 0.3) is 0 Å². The molecule has 116 valence electrons. The Bertz CT molecular complexity index is 333. The Balaban J connectivity index is 2.26. The first-order valence-electron chi connectivity index (χ1n) is 7.69. The molecule has 5 heteroatoms. The van der Waals surface area contributed by atoms with Crippen LogP contribution in [0.15, 0.2) is 0 Å². The average molecular weight is 284 g/mol. The van der Waals surface area contributed by atoms with E-state index in [4.69, 9.17) is 5.11 Å². The third-order valence-corrected chi connectivity index (χ3v) is 4.43. The molecule has 2 amide bonds. The number of carbonyl (C=O) groups is 2. The smallest absolute Gasteiger partial charge is 0.315 e. The Hall–Kier alpha value is -1.26. The quantitative estimate of drug-likeness (QED) is 0.701. The molecule has 1 aliphatic rings. The van der Waals surface area contributed by atoms with Gasteiger partial charge in [-0.3, -0.25) is 4.79 Å². The summed E-state index contributed by atoms with van der Waals surface area (Å²) in [6.07, 6.45) is 4.90. The summed E-state index contributed by atoms with van der Waals surface area (Å²) in [6, 6.07) is 0.134.